The van der Waals surface area contributed by atoms with Gasteiger partial charge in [0.15, 0.2) is 0 Å². The van der Waals surface area contributed by atoms with Gasteiger partial charge in [-0.15, -0.1) is 10.2 Å². The number of hydrogen-bond donors (Lipinski definition) is 1. The average molecular weight is 215 g/mol. The molecule has 78 valence electrons. The number of ether oxygens (including phenoxy) is 1. The van der Waals surface area contributed by atoms with E-state index in [1.54, 1.807) is 5.51 Å². The van der Waals surface area contributed by atoms with Gasteiger partial charge in [0, 0.05) is 0 Å². The Morgan fingerprint density at radius 3 is 2.79 bits per heavy atom. The summed E-state index contributed by atoms with van der Waals surface area (Å²) in [4.78, 5) is 11.4. The summed E-state index contributed by atoms with van der Waals surface area (Å²) in [6.45, 7) is 3.88. The first kappa shape index (κ1) is 10.9. The van der Waals surface area contributed by atoms with Gasteiger partial charge in [0.05, 0.1) is 7.11 Å². The van der Waals surface area contributed by atoms with Gasteiger partial charge in [-0.05, 0) is 5.92 Å². The molecule has 0 aliphatic rings. The van der Waals surface area contributed by atoms with E-state index in [0.717, 1.165) is 0 Å². The molecular weight excluding hydrogens is 202 g/mol. The lowest BCUT2D eigenvalue weighted by molar-refractivity contribution is -0.142. The van der Waals surface area contributed by atoms with E-state index >= 15 is 0 Å². The van der Waals surface area contributed by atoms with E-state index in [1.807, 2.05) is 13.8 Å². The lowest BCUT2D eigenvalue weighted by atomic mass is 10.1. The second kappa shape index (κ2) is 4.90. The quantitative estimate of drug-likeness (QED) is 0.763. The largest absolute Gasteiger partial charge is 0.467 e. The number of methoxy groups -OCH3 is 1. The second-order valence-electron chi connectivity index (χ2n) is 3.13. The molecule has 1 aromatic heterocycles. The fourth-order valence-corrected chi connectivity index (χ4v) is 1.48. The maximum absolute atomic E-state index is 11.4. The number of carbonyl (C=O) groups is 1. The number of hydrogen-bond acceptors (Lipinski definition) is 6. The Morgan fingerprint density at radius 1 is 1.64 bits per heavy atom. The van der Waals surface area contributed by atoms with Gasteiger partial charge in [-0.3, -0.25) is 0 Å². The predicted octanol–water partition coefficient (Wildman–Crippen LogP) is 1.15. The van der Waals surface area contributed by atoms with Crippen molar-refractivity contribution in [2.75, 3.05) is 12.4 Å². The van der Waals surface area contributed by atoms with E-state index in [1.165, 1.54) is 18.4 Å². The first-order valence-corrected chi connectivity index (χ1v) is 5.13. The van der Waals surface area contributed by atoms with Crippen LogP contribution in [0.4, 0.5) is 5.13 Å². The molecule has 5 nitrogen and oxygen atoms in total. The third kappa shape index (κ3) is 2.66. The average Bonchev–Trinajstić information content (AvgIpc) is 2.65. The molecular formula is C8H13N3O2S. The molecule has 0 bridgehead atoms. The minimum Gasteiger partial charge on any atom is -0.467 e. The van der Waals surface area contributed by atoms with Gasteiger partial charge >= 0.3 is 5.97 Å². The standard InChI is InChI=1S/C8H13N3O2S/c1-5(2)6(7(12)13-3)10-8-11-9-4-14-8/h4-6H,1-3H3,(H,10,11). The molecule has 0 fully saturated rings. The second-order valence-corrected chi connectivity index (χ2v) is 3.97. The summed E-state index contributed by atoms with van der Waals surface area (Å²) < 4.78 is 4.68. The number of rotatable bonds is 4. The molecule has 0 saturated heterocycles. The van der Waals surface area contributed by atoms with Crippen molar-refractivity contribution in [3.05, 3.63) is 5.51 Å². The van der Waals surface area contributed by atoms with Crippen LogP contribution < -0.4 is 5.32 Å². The van der Waals surface area contributed by atoms with Crippen molar-refractivity contribution in [2.24, 2.45) is 5.92 Å². The summed E-state index contributed by atoms with van der Waals surface area (Å²) in [7, 11) is 1.37. The molecule has 1 rings (SSSR count). The highest BCUT2D eigenvalue weighted by Gasteiger charge is 2.23. The molecule has 0 aromatic carbocycles. The van der Waals surface area contributed by atoms with Crippen LogP contribution in [0, 0.1) is 5.92 Å². The van der Waals surface area contributed by atoms with Crippen molar-refractivity contribution in [2.45, 2.75) is 19.9 Å². The first-order chi connectivity index (χ1) is 6.65. The number of nitrogens with one attached hydrogen (secondary N) is 1. The number of aromatic nitrogens is 2. The number of nitrogens with zero attached hydrogens (tertiary/aromatic N) is 2. The van der Waals surface area contributed by atoms with Crippen molar-refractivity contribution < 1.29 is 9.53 Å². The summed E-state index contributed by atoms with van der Waals surface area (Å²) in [5.74, 6) is -0.137. The van der Waals surface area contributed by atoms with E-state index in [0.29, 0.717) is 5.13 Å². The third-order valence-electron chi connectivity index (χ3n) is 1.76. The fraction of sp³-hybridized carbons (Fsp3) is 0.625. The normalized spacial score (nSPS) is 12.6. The van der Waals surface area contributed by atoms with Gasteiger partial charge in [-0.25, -0.2) is 4.79 Å². The Balaban J connectivity index is 2.65. The van der Waals surface area contributed by atoms with Crippen LogP contribution in [0.25, 0.3) is 0 Å². The summed E-state index contributed by atoms with van der Waals surface area (Å²) in [6, 6.07) is -0.368. The van der Waals surface area contributed by atoms with E-state index in [-0.39, 0.29) is 17.9 Å². The van der Waals surface area contributed by atoms with Crippen LogP contribution >= 0.6 is 11.3 Å². The Morgan fingerprint density at radius 2 is 2.36 bits per heavy atom. The summed E-state index contributed by atoms with van der Waals surface area (Å²) in [5.41, 5.74) is 1.61. The van der Waals surface area contributed by atoms with Crippen molar-refractivity contribution >= 4 is 22.4 Å². The SMILES string of the molecule is COC(=O)C(Nc1nncs1)C(C)C. The van der Waals surface area contributed by atoms with Crippen LogP contribution in [-0.4, -0.2) is 29.3 Å². The molecule has 0 aliphatic heterocycles. The molecule has 0 saturated carbocycles. The molecule has 1 N–H and O–H groups in total. The Hall–Kier alpha value is -1.17. The molecule has 0 spiro atoms. The molecule has 1 unspecified atom stereocenters. The van der Waals surface area contributed by atoms with Crippen LogP contribution in [-0.2, 0) is 9.53 Å². The maximum atomic E-state index is 11.4. The first-order valence-electron chi connectivity index (χ1n) is 4.25. The van der Waals surface area contributed by atoms with Gasteiger partial charge in [0.2, 0.25) is 5.13 Å². The third-order valence-corrected chi connectivity index (χ3v) is 2.38. The Kier molecular flexibility index (Phi) is 3.82. The molecule has 1 heterocycles. The van der Waals surface area contributed by atoms with E-state index in [9.17, 15) is 4.79 Å². The van der Waals surface area contributed by atoms with Gasteiger partial charge < -0.3 is 10.1 Å². The molecule has 0 amide bonds. The summed E-state index contributed by atoms with van der Waals surface area (Å²) in [6.07, 6.45) is 0. The molecule has 0 aliphatic carbocycles. The molecule has 14 heavy (non-hydrogen) atoms. The minimum atomic E-state index is -0.368. The van der Waals surface area contributed by atoms with Gasteiger partial charge in [-0.1, -0.05) is 25.2 Å². The molecule has 1 atom stereocenters. The molecule has 1 aromatic rings. The lowest BCUT2D eigenvalue weighted by Gasteiger charge is -2.18. The number of anilines is 1. The van der Waals surface area contributed by atoms with Crippen molar-refractivity contribution in [3.63, 3.8) is 0 Å². The molecule has 0 radical (unpaired) electrons. The number of carbonyl (C=O) groups excluding carboxylic acids is 1. The van der Waals surface area contributed by atoms with Crippen LogP contribution in [0.1, 0.15) is 13.8 Å². The van der Waals surface area contributed by atoms with Crippen LogP contribution in [0.15, 0.2) is 5.51 Å². The Bertz CT molecular complexity index is 287. The van der Waals surface area contributed by atoms with Gasteiger partial charge in [0.1, 0.15) is 11.6 Å². The molecule has 6 heteroatoms. The van der Waals surface area contributed by atoms with Crippen molar-refractivity contribution in [1.29, 1.82) is 0 Å². The van der Waals surface area contributed by atoms with Crippen molar-refractivity contribution in [1.82, 2.24) is 10.2 Å². The zero-order valence-corrected chi connectivity index (χ0v) is 9.17. The minimum absolute atomic E-state index is 0.145. The lowest BCUT2D eigenvalue weighted by Crippen LogP contribution is -2.35. The smallest absolute Gasteiger partial charge is 0.328 e. The maximum Gasteiger partial charge on any atom is 0.328 e. The predicted molar refractivity (Wildman–Crippen MR) is 54.2 cm³/mol. The Labute approximate surface area is 86.5 Å². The number of esters is 1. The topological polar surface area (TPSA) is 64.1 Å². The van der Waals surface area contributed by atoms with Crippen LogP contribution in [0.5, 0.6) is 0 Å². The highest BCUT2D eigenvalue weighted by molar-refractivity contribution is 7.13. The summed E-state index contributed by atoms with van der Waals surface area (Å²) >= 11 is 1.36. The van der Waals surface area contributed by atoms with Crippen LogP contribution in [0.3, 0.4) is 0 Å². The van der Waals surface area contributed by atoms with Crippen molar-refractivity contribution in [3.8, 4) is 0 Å². The van der Waals surface area contributed by atoms with E-state index in [2.05, 4.69) is 20.3 Å². The van der Waals surface area contributed by atoms with Crippen LogP contribution in [0.2, 0.25) is 0 Å². The zero-order chi connectivity index (χ0) is 10.6. The highest BCUT2D eigenvalue weighted by atomic mass is 32.1. The zero-order valence-electron chi connectivity index (χ0n) is 8.35. The van der Waals surface area contributed by atoms with E-state index < -0.39 is 0 Å². The highest BCUT2D eigenvalue weighted by Crippen LogP contribution is 2.14. The monoisotopic (exact) mass is 215 g/mol. The van der Waals surface area contributed by atoms with Gasteiger partial charge in [-0.2, -0.15) is 0 Å². The summed E-state index contributed by atoms with van der Waals surface area (Å²) in [5, 5.41) is 11.1. The fourth-order valence-electron chi connectivity index (χ4n) is 0.994. The van der Waals surface area contributed by atoms with E-state index in [4.69, 9.17) is 0 Å². The van der Waals surface area contributed by atoms with Gasteiger partial charge in [0.25, 0.3) is 0 Å².